The van der Waals surface area contributed by atoms with Gasteiger partial charge in [-0.25, -0.2) is 4.21 Å². The van der Waals surface area contributed by atoms with Gasteiger partial charge in [0.2, 0.25) is 0 Å². The average Bonchev–Trinajstić information content (AvgIpc) is 1.38. The van der Waals surface area contributed by atoms with E-state index >= 15 is 0 Å². The van der Waals surface area contributed by atoms with Crippen LogP contribution in [0.25, 0.3) is 0 Å². The van der Waals surface area contributed by atoms with E-state index in [0.717, 1.165) is 0 Å². The van der Waals surface area contributed by atoms with Crippen LogP contribution in [-0.4, -0.2) is 8.76 Å². The molecule has 0 aromatic carbocycles. The summed E-state index contributed by atoms with van der Waals surface area (Å²) >= 11 is 0. The van der Waals surface area contributed by atoms with E-state index in [4.69, 9.17) is 9.12 Å². The van der Waals surface area contributed by atoms with Gasteiger partial charge in [0.25, 0.3) is 0 Å². The number of hydrogen-bond donors (Lipinski definition) is 2. The second kappa shape index (κ2) is 2.45. The summed E-state index contributed by atoms with van der Waals surface area (Å²) in [6.07, 6.45) is 0. The van der Waals surface area contributed by atoms with Gasteiger partial charge < -0.3 is 4.55 Å². The molecular formula is H3O3PS. The van der Waals surface area contributed by atoms with Gasteiger partial charge in [-0.3, -0.25) is 4.57 Å². The molecule has 0 aromatic heterocycles. The van der Waals surface area contributed by atoms with Crippen LogP contribution in [0.15, 0.2) is 0 Å². The maximum atomic E-state index is 9.22. The molecule has 0 saturated heterocycles. The summed E-state index contributed by atoms with van der Waals surface area (Å²) in [5.41, 5.74) is 0. The Hall–Kier alpha value is 0.210. The van der Waals surface area contributed by atoms with Crippen molar-refractivity contribution in [1.82, 2.24) is 0 Å². The third-order valence-electron chi connectivity index (χ3n) is 0.0781. The molecule has 0 aromatic rings. The minimum absolute atomic E-state index is 1.07. The molecule has 0 aliphatic carbocycles. The van der Waals surface area contributed by atoms with E-state index in [1.165, 1.54) is 0 Å². The van der Waals surface area contributed by atoms with Gasteiger partial charge in [0, 0.05) is 0 Å². The summed E-state index contributed by atoms with van der Waals surface area (Å²) < 4.78 is 25.9. The lowest BCUT2D eigenvalue weighted by Gasteiger charge is -1.51. The highest BCUT2D eigenvalue weighted by atomic mass is 32.5. The average molecular weight is 114 g/mol. The largest absolute Gasteiger partial charge is 0.311 e. The van der Waals surface area contributed by atoms with Crippen LogP contribution < -0.4 is 0 Å². The Morgan fingerprint density at radius 1 is 1.80 bits per heavy atom. The summed E-state index contributed by atoms with van der Waals surface area (Å²) in [6.45, 7) is 0. The highest BCUT2D eigenvalue weighted by molar-refractivity contribution is 8.05. The summed E-state index contributed by atoms with van der Waals surface area (Å²) in [6, 6.07) is 0. The van der Waals surface area contributed by atoms with Crippen LogP contribution in [-0.2, 0) is 14.8 Å². The van der Waals surface area contributed by atoms with Gasteiger partial charge in [-0.2, -0.15) is 0 Å². The fourth-order valence-corrected chi connectivity index (χ4v) is 0. The minimum Gasteiger partial charge on any atom is -0.311 e. The second-order valence-electron chi connectivity index (χ2n) is 0.364. The molecule has 0 spiro atoms. The molecule has 0 rings (SSSR count). The van der Waals surface area contributed by atoms with Crippen molar-refractivity contribution in [2.75, 3.05) is 0 Å². The lowest BCUT2D eigenvalue weighted by atomic mass is 15.9. The van der Waals surface area contributed by atoms with Crippen LogP contribution in [0.5, 0.6) is 0 Å². The molecule has 0 aliphatic heterocycles. The lowest BCUT2D eigenvalue weighted by molar-refractivity contribution is 0.576. The summed E-state index contributed by atoms with van der Waals surface area (Å²) in [4.78, 5) is 0. The quantitative estimate of drug-likeness (QED) is 0.341. The molecule has 2 atom stereocenters. The smallest absolute Gasteiger partial charge is 0.160 e. The SMILES string of the molecule is O=[PH]=[SH](=O)O. The lowest BCUT2D eigenvalue weighted by Crippen LogP contribution is -1.50. The Morgan fingerprint density at radius 3 is 2.00 bits per heavy atom. The normalized spacial score (nSPS) is 15.4. The van der Waals surface area contributed by atoms with Gasteiger partial charge in [0.05, 0.1) is 0 Å². The van der Waals surface area contributed by atoms with Crippen molar-refractivity contribution in [3.63, 3.8) is 0 Å². The molecule has 0 fully saturated rings. The third kappa shape index (κ3) is 4.21. The van der Waals surface area contributed by atoms with E-state index in [0.29, 0.717) is 0 Å². The predicted molar refractivity (Wildman–Crippen MR) is 21.2 cm³/mol. The van der Waals surface area contributed by atoms with Crippen LogP contribution in [0.4, 0.5) is 0 Å². The van der Waals surface area contributed by atoms with Crippen molar-refractivity contribution >= 4 is 17.5 Å². The molecule has 1 N–H and O–H groups in total. The van der Waals surface area contributed by atoms with E-state index in [9.17, 15) is 4.21 Å². The first-order valence-electron chi connectivity index (χ1n) is 0.810. The maximum absolute atomic E-state index is 9.22. The van der Waals surface area contributed by atoms with Crippen LogP contribution >= 0.6 is 7.24 Å². The molecule has 3 nitrogen and oxygen atoms in total. The summed E-state index contributed by atoms with van der Waals surface area (Å²) in [7, 11) is -3.45. The summed E-state index contributed by atoms with van der Waals surface area (Å²) in [5.74, 6) is 0. The minimum atomic E-state index is -2.38. The molecule has 5 heteroatoms. The van der Waals surface area contributed by atoms with Crippen LogP contribution in [0.1, 0.15) is 0 Å². The van der Waals surface area contributed by atoms with Gasteiger partial charge in [-0.05, 0) is 0 Å². The molecule has 0 aliphatic rings. The standard InChI is InChI=1S/H3O3PS/c1-4-5(2)3/h4-5H,(H,2,3). The molecule has 0 saturated carbocycles. The van der Waals surface area contributed by atoms with Crippen molar-refractivity contribution in [3.05, 3.63) is 0 Å². The fraction of sp³-hybridized carbons (Fsp3) is 0. The van der Waals surface area contributed by atoms with E-state index in [1.807, 2.05) is 0 Å². The number of thiol groups is 1. The molecule has 0 amide bonds. The molecule has 0 heterocycles. The van der Waals surface area contributed by atoms with Crippen LogP contribution in [0.3, 0.4) is 0 Å². The highest BCUT2D eigenvalue weighted by Crippen LogP contribution is 1.68. The van der Waals surface area contributed by atoms with Gasteiger partial charge >= 0.3 is 0 Å². The molecule has 5 heavy (non-hydrogen) atoms. The Morgan fingerprint density at radius 2 is 2.00 bits per heavy atom. The molecule has 2 unspecified atom stereocenters. The van der Waals surface area contributed by atoms with Gasteiger partial charge in [0.15, 0.2) is 7.24 Å². The number of rotatable bonds is 0. The van der Waals surface area contributed by atoms with Crippen molar-refractivity contribution in [2.45, 2.75) is 0 Å². The van der Waals surface area contributed by atoms with Crippen LogP contribution in [0, 0.1) is 0 Å². The van der Waals surface area contributed by atoms with Crippen molar-refractivity contribution in [3.8, 4) is 0 Å². The van der Waals surface area contributed by atoms with Crippen molar-refractivity contribution in [2.24, 2.45) is 0 Å². The predicted octanol–water partition coefficient (Wildman–Crippen LogP) is -0.121. The zero-order valence-corrected chi connectivity index (χ0v) is 4.11. The first-order chi connectivity index (χ1) is 2.27. The Labute approximate surface area is 31.8 Å². The van der Waals surface area contributed by atoms with Crippen molar-refractivity contribution < 1.29 is 13.3 Å². The first kappa shape index (κ1) is 5.21. The van der Waals surface area contributed by atoms with E-state index < -0.39 is 17.5 Å². The van der Waals surface area contributed by atoms with E-state index in [-0.39, 0.29) is 0 Å². The van der Waals surface area contributed by atoms with E-state index in [1.54, 1.807) is 0 Å². The first-order valence-corrected chi connectivity index (χ1v) is 3.77. The maximum Gasteiger partial charge on any atom is 0.160 e. The monoisotopic (exact) mass is 114 g/mol. The Kier molecular flexibility index (Phi) is 2.55. The molecular weight excluding hydrogens is 111 g/mol. The van der Waals surface area contributed by atoms with Crippen molar-refractivity contribution in [1.29, 1.82) is 0 Å². The van der Waals surface area contributed by atoms with E-state index in [2.05, 4.69) is 0 Å². The third-order valence-corrected chi connectivity index (χ3v) is 0.703. The second-order valence-corrected chi connectivity index (χ2v) is 2.79. The zero-order chi connectivity index (χ0) is 4.28. The fourth-order valence-electron chi connectivity index (χ4n) is 0. The summed E-state index contributed by atoms with van der Waals surface area (Å²) in [5, 5.41) is 0. The molecule has 32 valence electrons. The van der Waals surface area contributed by atoms with Gasteiger partial charge in [-0.15, -0.1) is 0 Å². The van der Waals surface area contributed by atoms with Gasteiger partial charge in [-0.1, -0.05) is 0 Å². The molecule has 0 radical (unpaired) electrons. The Bertz CT molecular complexity index is 104. The number of hydrogen-bond acceptors (Lipinski definition) is 2. The van der Waals surface area contributed by atoms with Crippen LogP contribution in [0.2, 0.25) is 0 Å². The molecule has 0 bridgehead atoms. The highest BCUT2D eigenvalue weighted by Gasteiger charge is 1.47. The topological polar surface area (TPSA) is 54.4 Å². The Balaban J connectivity index is 4.22. The van der Waals surface area contributed by atoms with Gasteiger partial charge in [0.1, 0.15) is 10.3 Å². The zero-order valence-electron chi connectivity index (χ0n) is 2.21.